The van der Waals surface area contributed by atoms with Crippen molar-refractivity contribution in [2.75, 3.05) is 22.5 Å². The van der Waals surface area contributed by atoms with Gasteiger partial charge in [-0.1, -0.05) is 41.7 Å². The topological polar surface area (TPSA) is 128 Å². The second kappa shape index (κ2) is 8.22. The molecule has 0 saturated carbocycles. The van der Waals surface area contributed by atoms with Crippen molar-refractivity contribution in [2.24, 2.45) is 0 Å². The predicted octanol–water partition coefficient (Wildman–Crippen LogP) is 2.54. The van der Waals surface area contributed by atoms with E-state index in [2.05, 4.69) is 4.98 Å². The smallest absolute Gasteiger partial charge is 0.306 e. The Kier molecular flexibility index (Phi) is 6.15. The molecule has 2 aromatic carbocycles. The number of thiazole rings is 1. The zero-order valence-electron chi connectivity index (χ0n) is 16.6. The van der Waals surface area contributed by atoms with Crippen molar-refractivity contribution >= 4 is 46.6 Å². The molecule has 166 valence electrons. The van der Waals surface area contributed by atoms with Crippen molar-refractivity contribution in [3.05, 3.63) is 54.6 Å². The molecule has 3 rings (SSSR count). The molecule has 1 heterocycles. The van der Waals surface area contributed by atoms with Crippen LogP contribution in [-0.2, 0) is 30.2 Å². The zero-order chi connectivity index (χ0) is 23.0. The standard InChI is InChI=1S/C18H18N2O7S4/c1-29(21,22)20(30(2,23)24)18-19-16(17(28-18)14-7-5-4-6-8-14)13-9-11-15(12-10-13)27-31(3,25)26/h4-12H,1-3H3. The van der Waals surface area contributed by atoms with Crippen LogP contribution in [0.4, 0.5) is 5.13 Å². The molecule has 0 amide bonds. The molecule has 0 aliphatic carbocycles. The summed E-state index contributed by atoms with van der Waals surface area (Å²) in [5.74, 6) is 0.0943. The Morgan fingerprint density at radius 3 is 1.81 bits per heavy atom. The monoisotopic (exact) mass is 502 g/mol. The van der Waals surface area contributed by atoms with Gasteiger partial charge >= 0.3 is 10.1 Å². The van der Waals surface area contributed by atoms with E-state index < -0.39 is 30.2 Å². The van der Waals surface area contributed by atoms with Gasteiger partial charge in [-0.3, -0.25) is 0 Å². The first-order valence-corrected chi connectivity index (χ1v) is 14.9. The van der Waals surface area contributed by atoms with Crippen LogP contribution in [0.3, 0.4) is 0 Å². The van der Waals surface area contributed by atoms with Crippen LogP contribution in [0, 0.1) is 0 Å². The molecule has 0 spiro atoms. The molecule has 0 aliphatic rings. The van der Waals surface area contributed by atoms with Gasteiger partial charge in [-0.2, -0.15) is 8.42 Å². The number of hydrogen-bond donors (Lipinski definition) is 0. The van der Waals surface area contributed by atoms with E-state index >= 15 is 0 Å². The summed E-state index contributed by atoms with van der Waals surface area (Å²) in [4.78, 5) is 4.87. The molecule has 1 aromatic heterocycles. The van der Waals surface area contributed by atoms with Gasteiger partial charge in [0.05, 0.1) is 29.3 Å². The van der Waals surface area contributed by atoms with Crippen LogP contribution in [0.15, 0.2) is 54.6 Å². The first kappa shape index (κ1) is 23.2. The summed E-state index contributed by atoms with van der Waals surface area (Å²) in [5.41, 5.74) is 1.57. The Hall–Kier alpha value is -2.48. The highest BCUT2D eigenvalue weighted by molar-refractivity contribution is 8.09. The molecule has 0 saturated heterocycles. The average molecular weight is 503 g/mol. The molecule has 0 radical (unpaired) electrons. The van der Waals surface area contributed by atoms with Gasteiger partial charge in [0.2, 0.25) is 25.2 Å². The van der Waals surface area contributed by atoms with Crippen molar-refractivity contribution < 1.29 is 29.4 Å². The quantitative estimate of drug-likeness (QED) is 0.451. The molecule has 0 atom stereocenters. The third-order valence-electron chi connectivity index (χ3n) is 3.79. The van der Waals surface area contributed by atoms with Crippen LogP contribution >= 0.6 is 11.3 Å². The van der Waals surface area contributed by atoms with Gasteiger partial charge in [0, 0.05) is 5.56 Å². The minimum absolute atomic E-state index is 0.0943. The Morgan fingerprint density at radius 1 is 0.774 bits per heavy atom. The molecule has 0 fully saturated rings. The predicted molar refractivity (Wildman–Crippen MR) is 121 cm³/mol. The third kappa shape index (κ3) is 5.61. The molecule has 0 bridgehead atoms. The second-order valence-electron chi connectivity index (χ2n) is 6.58. The molecule has 9 nitrogen and oxygen atoms in total. The van der Waals surface area contributed by atoms with Gasteiger partial charge in [-0.15, -0.1) is 3.71 Å². The molecule has 0 unspecified atom stereocenters. The number of anilines is 1. The average Bonchev–Trinajstić information content (AvgIpc) is 3.03. The summed E-state index contributed by atoms with van der Waals surface area (Å²) in [5, 5.41) is -0.227. The SMILES string of the molecule is CS(=O)(=O)Oc1ccc(-c2nc(N(S(C)(=O)=O)S(C)(=O)=O)sc2-c2ccccc2)cc1. The van der Waals surface area contributed by atoms with Gasteiger partial charge in [0.25, 0.3) is 0 Å². The maximum absolute atomic E-state index is 12.2. The molecule has 0 N–H and O–H groups in total. The van der Waals surface area contributed by atoms with Crippen LogP contribution in [0.1, 0.15) is 0 Å². The Balaban J connectivity index is 2.20. The highest BCUT2D eigenvalue weighted by atomic mass is 32.3. The number of aromatic nitrogens is 1. The van der Waals surface area contributed by atoms with E-state index in [0.29, 0.717) is 25.4 Å². The van der Waals surface area contributed by atoms with Gasteiger partial charge in [0.15, 0.2) is 0 Å². The summed E-state index contributed by atoms with van der Waals surface area (Å²) in [6, 6.07) is 14.9. The summed E-state index contributed by atoms with van der Waals surface area (Å²) >= 11 is 0.913. The first-order valence-electron chi connectivity index (χ1n) is 8.52. The van der Waals surface area contributed by atoms with Crippen LogP contribution in [0.5, 0.6) is 5.75 Å². The second-order valence-corrected chi connectivity index (χ2v) is 13.0. The van der Waals surface area contributed by atoms with Crippen LogP contribution in [0.2, 0.25) is 0 Å². The number of hydrogen-bond acceptors (Lipinski definition) is 9. The summed E-state index contributed by atoms with van der Waals surface area (Å²) < 4.78 is 76.5. The highest BCUT2D eigenvalue weighted by Crippen LogP contribution is 2.41. The summed E-state index contributed by atoms with van der Waals surface area (Å²) in [7, 11) is -12.0. The first-order chi connectivity index (χ1) is 14.3. The van der Waals surface area contributed by atoms with E-state index in [0.717, 1.165) is 30.1 Å². The number of rotatable bonds is 7. The molecule has 13 heteroatoms. The van der Waals surface area contributed by atoms with Crippen LogP contribution in [0.25, 0.3) is 21.7 Å². The fourth-order valence-electron chi connectivity index (χ4n) is 2.74. The normalized spacial score (nSPS) is 12.5. The zero-order valence-corrected chi connectivity index (χ0v) is 19.8. The number of sulfonamides is 2. The van der Waals surface area contributed by atoms with Gasteiger partial charge in [-0.25, -0.2) is 21.8 Å². The lowest BCUT2D eigenvalue weighted by Crippen LogP contribution is -2.35. The van der Waals surface area contributed by atoms with Crippen molar-refractivity contribution in [2.45, 2.75) is 0 Å². The third-order valence-corrected chi connectivity index (χ3v) is 8.78. The fraction of sp³-hybridized carbons (Fsp3) is 0.167. The number of nitrogens with zero attached hydrogens (tertiary/aromatic N) is 2. The fourth-order valence-corrected chi connectivity index (χ4v) is 7.76. The molecule has 3 aromatic rings. The summed E-state index contributed by atoms with van der Waals surface area (Å²) in [6.07, 6.45) is 2.50. The van der Waals surface area contributed by atoms with Crippen LogP contribution in [-0.4, -0.2) is 49.0 Å². The molecule has 31 heavy (non-hydrogen) atoms. The molecular formula is C18H18N2O7S4. The van der Waals surface area contributed by atoms with E-state index in [1.54, 1.807) is 36.4 Å². The largest absolute Gasteiger partial charge is 0.383 e. The highest BCUT2D eigenvalue weighted by Gasteiger charge is 2.32. The van der Waals surface area contributed by atoms with E-state index in [4.69, 9.17) is 4.18 Å². The lowest BCUT2D eigenvalue weighted by Gasteiger charge is -2.15. The van der Waals surface area contributed by atoms with E-state index in [-0.39, 0.29) is 10.9 Å². The molecular weight excluding hydrogens is 484 g/mol. The van der Waals surface area contributed by atoms with E-state index in [9.17, 15) is 25.3 Å². The van der Waals surface area contributed by atoms with E-state index in [1.807, 2.05) is 6.07 Å². The maximum Gasteiger partial charge on any atom is 0.306 e. The van der Waals surface area contributed by atoms with Crippen molar-refractivity contribution in [3.8, 4) is 27.4 Å². The molecule has 0 aliphatic heterocycles. The van der Waals surface area contributed by atoms with Crippen LogP contribution < -0.4 is 7.89 Å². The lowest BCUT2D eigenvalue weighted by atomic mass is 10.1. The Bertz CT molecular complexity index is 1380. The Morgan fingerprint density at radius 2 is 1.32 bits per heavy atom. The Labute approximate surface area is 185 Å². The minimum atomic E-state index is -4.16. The van der Waals surface area contributed by atoms with Crippen molar-refractivity contribution in [1.82, 2.24) is 4.98 Å². The van der Waals surface area contributed by atoms with Crippen molar-refractivity contribution in [3.63, 3.8) is 0 Å². The van der Waals surface area contributed by atoms with E-state index in [1.165, 1.54) is 12.1 Å². The van der Waals surface area contributed by atoms with Gasteiger partial charge in [0.1, 0.15) is 5.75 Å². The maximum atomic E-state index is 12.2. The van der Waals surface area contributed by atoms with Gasteiger partial charge in [-0.05, 0) is 29.8 Å². The lowest BCUT2D eigenvalue weighted by molar-refractivity contribution is 0.493. The van der Waals surface area contributed by atoms with Crippen molar-refractivity contribution in [1.29, 1.82) is 0 Å². The van der Waals surface area contributed by atoms with Gasteiger partial charge < -0.3 is 4.18 Å². The minimum Gasteiger partial charge on any atom is -0.383 e. The number of benzene rings is 2. The summed E-state index contributed by atoms with van der Waals surface area (Å²) in [6.45, 7) is 0.